The number of nitrogens with one attached hydrogen (secondary N) is 2. The standard InChI is InChI=1S/C20H31BrN4O2.HI/c1-2-22-20(23-11-19(26)14-27-13-15-3-4-15)24-17-9-10-25(12-17)18-7-5-16(21)6-8-18;/h5-8,15,17,19,26H,2-4,9-14H2,1H3,(H2,22,23,24);1H. The summed E-state index contributed by atoms with van der Waals surface area (Å²) in [6.45, 7) is 6.30. The number of aliphatic hydroxyl groups excluding tert-OH is 1. The van der Waals surface area contributed by atoms with E-state index in [-0.39, 0.29) is 24.0 Å². The molecule has 28 heavy (non-hydrogen) atoms. The van der Waals surface area contributed by atoms with Gasteiger partial charge in [0.15, 0.2) is 5.96 Å². The summed E-state index contributed by atoms with van der Waals surface area (Å²) in [5.41, 5.74) is 1.24. The van der Waals surface area contributed by atoms with E-state index in [4.69, 9.17) is 4.74 Å². The van der Waals surface area contributed by atoms with E-state index < -0.39 is 6.10 Å². The van der Waals surface area contributed by atoms with E-state index >= 15 is 0 Å². The molecular formula is C20H32BrIN4O2. The highest BCUT2D eigenvalue weighted by molar-refractivity contribution is 14.0. The lowest BCUT2D eigenvalue weighted by Crippen LogP contribution is -2.45. The van der Waals surface area contributed by atoms with Gasteiger partial charge in [0.25, 0.3) is 0 Å². The van der Waals surface area contributed by atoms with E-state index in [0.29, 0.717) is 19.2 Å². The van der Waals surface area contributed by atoms with E-state index in [9.17, 15) is 5.11 Å². The Hall–Kier alpha value is -0.580. The molecule has 3 rings (SSSR count). The third-order valence-electron chi connectivity index (χ3n) is 4.89. The quantitative estimate of drug-likeness (QED) is 0.244. The lowest BCUT2D eigenvalue weighted by molar-refractivity contribution is 0.0368. The maximum atomic E-state index is 10.1. The fourth-order valence-electron chi connectivity index (χ4n) is 3.18. The Bertz CT molecular complexity index is 613. The number of nitrogens with zero attached hydrogens (tertiary/aromatic N) is 2. The van der Waals surface area contributed by atoms with Gasteiger partial charge in [0.1, 0.15) is 0 Å². The molecule has 8 heteroatoms. The molecule has 0 bridgehead atoms. The van der Waals surface area contributed by atoms with Gasteiger partial charge in [-0.05, 0) is 56.4 Å². The first-order chi connectivity index (χ1) is 13.1. The maximum Gasteiger partial charge on any atom is 0.191 e. The minimum atomic E-state index is -0.554. The molecule has 1 aliphatic carbocycles. The fraction of sp³-hybridized carbons (Fsp3) is 0.650. The van der Waals surface area contributed by atoms with Crippen LogP contribution in [0.15, 0.2) is 33.7 Å². The number of guanidine groups is 1. The zero-order chi connectivity index (χ0) is 19.1. The molecule has 1 saturated heterocycles. The van der Waals surface area contributed by atoms with Crippen molar-refractivity contribution in [3.63, 3.8) is 0 Å². The van der Waals surface area contributed by atoms with Gasteiger partial charge >= 0.3 is 0 Å². The van der Waals surface area contributed by atoms with Crippen molar-refractivity contribution in [2.45, 2.75) is 38.3 Å². The van der Waals surface area contributed by atoms with Crippen LogP contribution in [-0.4, -0.2) is 62.6 Å². The zero-order valence-electron chi connectivity index (χ0n) is 16.4. The smallest absolute Gasteiger partial charge is 0.191 e. The Balaban J connectivity index is 0.00000280. The second-order valence-electron chi connectivity index (χ2n) is 7.41. The normalized spacial score (nSPS) is 20.6. The Morgan fingerprint density at radius 1 is 1.32 bits per heavy atom. The van der Waals surface area contributed by atoms with E-state index in [1.165, 1.54) is 18.5 Å². The van der Waals surface area contributed by atoms with Crippen molar-refractivity contribution in [3.05, 3.63) is 28.7 Å². The molecule has 0 aromatic heterocycles. The van der Waals surface area contributed by atoms with Crippen LogP contribution in [0.1, 0.15) is 26.2 Å². The summed E-state index contributed by atoms with van der Waals surface area (Å²) >= 11 is 3.49. The van der Waals surface area contributed by atoms with Crippen LogP contribution in [0.4, 0.5) is 5.69 Å². The van der Waals surface area contributed by atoms with Gasteiger partial charge in [-0.15, -0.1) is 24.0 Å². The molecule has 0 spiro atoms. The summed E-state index contributed by atoms with van der Waals surface area (Å²) in [5.74, 6) is 1.48. The van der Waals surface area contributed by atoms with Gasteiger partial charge < -0.3 is 25.4 Å². The molecule has 158 valence electrons. The number of benzene rings is 1. The van der Waals surface area contributed by atoms with Crippen molar-refractivity contribution in [1.82, 2.24) is 10.6 Å². The van der Waals surface area contributed by atoms with Crippen LogP contribution < -0.4 is 15.5 Å². The van der Waals surface area contributed by atoms with Gasteiger partial charge in [0.05, 0.1) is 19.3 Å². The molecule has 2 unspecified atom stereocenters. The maximum absolute atomic E-state index is 10.1. The van der Waals surface area contributed by atoms with Crippen LogP contribution >= 0.6 is 39.9 Å². The summed E-state index contributed by atoms with van der Waals surface area (Å²) in [6.07, 6.45) is 3.04. The Morgan fingerprint density at radius 3 is 2.75 bits per heavy atom. The predicted molar refractivity (Wildman–Crippen MR) is 129 cm³/mol. The lowest BCUT2D eigenvalue weighted by atomic mass is 10.2. The van der Waals surface area contributed by atoms with Gasteiger partial charge in [-0.25, -0.2) is 0 Å². The number of hydrogen-bond donors (Lipinski definition) is 3. The zero-order valence-corrected chi connectivity index (χ0v) is 20.4. The summed E-state index contributed by atoms with van der Waals surface area (Å²) in [7, 11) is 0. The van der Waals surface area contributed by atoms with Crippen LogP contribution in [0.5, 0.6) is 0 Å². The molecule has 2 aliphatic rings. The van der Waals surface area contributed by atoms with Gasteiger partial charge in [-0.3, -0.25) is 4.99 Å². The van der Waals surface area contributed by atoms with Crippen molar-refractivity contribution in [2.75, 3.05) is 44.3 Å². The number of anilines is 1. The number of halogens is 2. The van der Waals surface area contributed by atoms with Crippen molar-refractivity contribution in [3.8, 4) is 0 Å². The molecule has 0 radical (unpaired) electrons. The van der Waals surface area contributed by atoms with Crippen molar-refractivity contribution < 1.29 is 9.84 Å². The van der Waals surface area contributed by atoms with Gasteiger partial charge in [0.2, 0.25) is 0 Å². The van der Waals surface area contributed by atoms with Gasteiger partial charge in [0, 0.05) is 42.4 Å². The SMILES string of the molecule is CCNC(=NCC(O)COCC1CC1)NC1CCN(c2ccc(Br)cc2)C1.I. The van der Waals surface area contributed by atoms with Crippen LogP contribution in [-0.2, 0) is 4.74 Å². The third kappa shape index (κ3) is 8.04. The second kappa shape index (κ2) is 12.2. The average Bonchev–Trinajstić information content (AvgIpc) is 3.37. The highest BCUT2D eigenvalue weighted by atomic mass is 127. The average molecular weight is 567 g/mol. The van der Waals surface area contributed by atoms with Crippen LogP contribution in [0, 0.1) is 5.92 Å². The molecule has 1 aliphatic heterocycles. The lowest BCUT2D eigenvalue weighted by Gasteiger charge is -2.20. The van der Waals surface area contributed by atoms with Gasteiger partial charge in [-0.1, -0.05) is 15.9 Å². The molecule has 6 nitrogen and oxygen atoms in total. The van der Waals surface area contributed by atoms with E-state index in [2.05, 4.69) is 67.6 Å². The first kappa shape index (κ1) is 23.7. The van der Waals surface area contributed by atoms with Gasteiger partial charge in [-0.2, -0.15) is 0 Å². The summed E-state index contributed by atoms with van der Waals surface area (Å²) in [5, 5.41) is 16.9. The summed E-state index contributed by atoms with van der Waals surface area (Å²) in [6, 6.07) is 8.78. The molecule has 2 atom stereocenters. The Labute approximate surface area is 193 Å². The first-order valence-corrected chi connectivity index (χ1v) is 10.7. The van der Waals surface area contributed by atoms with Crippen LogP contribution in [0.25, 0.3) is 0 Å². The van der Waals surface area contributed by atoms with Crippen molar-refractivity contribution >= 4 is 51.6 Å². The summed E-state index contributed by atoms with van der Waals surface area (Å²) in [4.78, 5) is 6.92. The number of hydrogen-bond acceptors (Lipinski definition) is 4. The second-order valence-corrected chi connectivity index (χ2v) is 8.32. The fourth-order valence-corrected chi connectivity index (χ4v) is 3.45. The summed E-state index contributed by atoms with van der Waals surface area (Å²) < 4.78 is 6.64. The molecule has 1 saturated carbocycles. The van der Waals surface area contributed by atoms with E-state index in [0.717, 1.165) is 49.0 Å². The molecule has 2 fully saturated rings. The molecule has 1 aromatic rings. The van der Waals surface area contributed by atoms with E-state index in [1.807, 2.05) is 0 Å². The molecule has 1 aromatic carbocycles. The minimum Gasteiger partial charge on any atom is -0.389 e. The van der Waals surface area contributed by atoms with E-state index in [1.54, 1.807) is 0 Å². The minimum absolute atomic E-state index is 0. The van der Waals surface area contributed by atoms with Crippen molar-refractivity contribution in [2.24, 2.45) is 10.9 Å². The molecular weight excluding hydrogens is 535 g/mol. The van der Waals surface area contributed by atoms with Crippen molar-refractivity contribution in [1.29, 1.82) is 0 Å². The Morgan fingerprint density at radius 2 is 2.07 bits per heavy atom. The highest BCUT2D eigenvalue weighted by Crippen LogP contribution is 2.28. The largest absolute Gasteiger partial charge is 0.389 e. The number of aliphatic imine (C=N–C) groups is 1. The molecule has 3 N–H and O–H groups in total. The number of aliphatic hydroxyl groups is 1. The number of ether oxygens (including phenoxy) is 1. The molecule has 1 heterocycles. The predicted octanol–water partition coefficient (Wildman–Crippen LogP) is 2.99. The molecule has 0 amide bonds. The topological polar surface area (TPSA) is 69.1 Å². The first-order valence-electron chi connectivity index (χ1n) is 9.95. The highest BCUT2D eigenvalue weighted by Gasteiger charge is 2.24. The Kier molecular flexibility index (Phi) is 10.3. The third-order valence-corrected chi connectivity index (χ3v) is 5.41. The van der Waals surface area contributed by atoms with Crippen LogP contribution in [0.3, 0.4) is 0 Å². The monoisotopic (exact) mass is 566 g/mol. The van der Waals surface area contributed by atoms with Crippen LogP contribution in [0.2, 0.25) is 0 Å². The number of rotatable bonds is 9.